The van der Waals surface area contributed by atoms with Gasteiger partial charge in [0.1, 0.15) is 0 Å². The van der Waals surface area contributed by atoms with Gasteiger partial charge in [-0.3, -0.25) is 0 Å². The van der Waals surface area contributed by atoms with Crippen LogP contribution in [0.2, 0.25) is 0 Å². The molecule has 0 fully saturated rings. The first kappa shape index (κ1) is 19.9. The van der Waals surface area contributed by atoms with Gasteiger partial charge in [-0.2, -0.15) is 0 Å². The molecule has 0 N–H and O–H groups in total. The van der Waals surface area contributed by atoms with E-state index in [2.05, 4.69) is 132 Å². The number of nitrogens with zero attached hydrogens (tertiary/aromatic N) is 1. The smallest absolute Gasteiger partial charge is 0.0634 e. The van der Waals surface area contributed by atoms with Gasteiger partial charge in [0, 0.05) is 36.6 Å². The van der Waals surface area contributed by atoms with Crippen LogP contribution in [0, 0.1) is 0 Å². The molecule has 0 unspecified atom stereocenters. The average Bonchev–Trinajstić information content (AvgIpc) is 3.49. The Balaban J connectivity index is 1.54. The van der Waals surface area contributed by atoms with Crippen molar-refractivity contribution < 1.29 is 0 Å². The second-order valence-electron chi connectivity index (χ2n) is 9.36. The Hall–Kier alpha value is -4.40. The number of hydrogen-bond acceptors (Lipinski definition) is 1. The molecule has 2 aromatic heterocycles. The fraction of sp³-hybridized carbons (Fsp3) is 0. The van der Waals surface area contributed by atoms with Crippen LogP contribution in [-0.4, -0.2) is 4.57 Å². The minimum atomic E-state index is 1.19. The fourth-order valence-electron chi connectivity index (χ4n) is 5.78. The lowest BCUT2D eigenvalue weighted by molar-refractivity contribution is 1.19. The highest BCUT2D eigenvalue weighted by Crippen LogP contribution is 2.44. The molecule has 2 heterocycles. The Morgan fingerprint density at radius 2 is 1.17 bits per heavy atom. The van der Waals surface area contributed by atoms with Gasteiger partial charge >= 0.3 is 0 Å². The van der Waals surface area contributed by atoms with E-state index in [1.165, 1.54) is 69.6 Å². The van der Waals surface area contributed by atoms with Gasteiger partial charge in [0.15, 0.2) is 0 Å². The minimum absolute atomic E-state index is 1.19. The summed E-state index contributed by atoms with van der Waals surface area (Å²) in [5.41, 5.74) is 6.20. The molecule has 2 heteroatoms. The normalized spacial score (nSPS) is 11.9. The summed E-state index contributed by atoms with van der Waals surface area (Å²) in [5.74, 6) is 0. The second-order valence-corrected chi connectivity index (χ2v) is 10.4. The lowest BCUT2D eigenvalue weighted by atomic mass is 10.0. The number of rotatable bonds is 2. The summed E-state index contributed by atoms with van der Waals surface area (Å²) in [7, 11) is 0. The molecule has 0 amide bonds. The summed E-state index contributed by atoms with van der Waals surface area (Å²) in [6.45, 7) is 0. The summed E-state index contributed by atoms with van der Waals surface area (Å²) < 4.78 is 5.15. The molecule has 0 bridgehead atoms. The highest BCUT2D eigenvalue weighted by molar-refractivity contribution is 7.26. The van der Waals surface area contributed by atoms with Gasteiger partial charge in [-0.05, 0) is 52.2 Å². The molecule has 8 rings (SSSR count). The van der Waals surface area contributed by atoms with Crippen molar-refractivity contribution in [3.63, 3.8) is 0 Å². The lowest BCUT2D eigenvalue weighted by Gasteiger charge is -2.11. The van der Waals surface area contributed by atoms with Gasteiger partial charge in [0.05, 0.1) is 11.0 Å². The third kappa shape index (κ3) is 2.76. The molecule has 0 aliphatic rings. The highest BCUT2D eigenvalue weighted by Gasteiger charge is 2.19. The molecule has 0 radical (unpaired) electrons. The van der Waals surface area contributed by atoms with Gasteiger partial charge < -0.3 is 4.57 Å². The molecule has 6 aromatic carbocycles. The zero-order chi connectivity index (χ0) is 23.6. The highest BCUT2D eigenvalue weighted by atomic mass is 32.1. The molecule has 1 nitrogen and oxygen atoms in total. The Morgan fingerprint density at radius 1 is 0.444 bits per heavy atom. The van der Waals surface area contributed by atoms with Crippen molar-refractivity contribution in [1.29, 1.82) is 0 Å². The number of aromatic nitrogens is 1. The van der Waals surface area contributed by atoms with E-state index in [9.17, 15) is 0 Å². The molecular formula is C34H21NS. The van der Waals surface area contributed by atoms with Crippen LogP contribution in [-0.2, 0) is 0 Å². The van der Waals surface area contributed by atoms with E-state index in [4.69, 9.17) is 0 Å². The van der Waals surface area contributed by atoms with E-state index in [0.29, 0.717) is 0 Å². The lowest BCUT2D eigenvalue weighted by Crippen LogP contribution is -1.94. The quantitative estimate of drug-likeness (QED) is 0.234. The number of fused-ring (bicyclic) bond motifs is 9. The SMILES string of the molecule is c1ccc(-c2ccc(-n3c4ccc5ccccc5c4c4ccc5sc6ccccc6c5c43)cc2)cc1. The summed E-state index contributed by atoms with van der Waals surface area (Å²) in [4.78, 5) is 0. The molecule has 36 heavy (non-hydrogen) atoms. The standard InChI is InChI=1S/C34H21NS/c1-2-8-22(9-3-1)23-14-17-25(18-15-23)35-29-20-16-24-10-4-5-11-26(24)32(29)28-19-21-31-33(34(28)35)27-12-6-7-13-30(27)36-31/h1-21H. The Bertz CT molecular complexity index is 2070. The largest absolute Gasteiger partial charge is 0.309 e. The minimum Gasteiger partial charge on any atom is -0.309 e. The van der Waals surface area contributed by atoms with E-state index in [1.807, 2.05) is 11.3 Å². The van der Waals surface area contributed by atoms with E-state index in [1.54, 1.807) is 0 Å². The van der Waals surface area contributed by atoms with Crippen LogP contribution in [0.25, 0.3) is 69.6 Å². The summed E-state index contributed by atoms with van der Waals surface area (Å²) >= 11 is 1.88. The van der Waals surface area contributed by atoms with E-state index < -0.39 is 0 Å². The zero-order valence-electron chi connectivity index (χ0n) is 19.5. The van der Waals surface area contributed by atoms with Crippen molar-refractivity contribution in [1.82, 2.24) is 4.57 Å². The molecule has 168 valence electrons. The van der Waals surface area contributed by atoms with Crippen molar-refractivity contribution in [2.75, 3.05) is 0 Å². The van der Waals surface area contributed by atoms with Gasteiger partial charge in [-0.15, -0.1) is 11.3 Å². The third-order valence-electron chi connectivity index (χ3n) is 7.39. The second kappa shape index (κ2) is 7.55. The topological polar surface area (TPSA) is 4.93 Å². The monoisotopic (exact) mass is 475 g/mol. The summed E-state index contributed by atoms with van der Waals surface area (Å²) in [6.07, 6.45) is 0. The van der Waals surface area contributed by atoms with E-state index >= 15 is 0 Å². The Morgan fingerprint density at radius 3 is 2.03 bits per heavy atom. The van der Waals surface area contributed by atoms with E-state index in [0.717, 1.165) is 0 Å². The first-order valence-corrected chi connectivity index (χ1v) is 13.1. The van der Waals surface area contributed by atoms with Gasteiger partial charge in [-0.25, -0.2) is 0 Å². The van der Waals surface area contributed by atoms with Crippen LogP contribution in [0.15, 0.2) is 127 Å². The molecule has 0 saturated carbocycles. The maximum absolute atomic E-state index is 2.48. The molecule has 0 aliphatic carbocycles. The Kier molecular flexibility index (Phi) is 4.16. The van der Waals surface area contributed by atoms with Gasteiger partial charge in [-0.1, -0.05) is 97.1 Å². The zero-order valence-corrected chi connectivity index (χ0v) is 20.3. The third-order valence-corrected chi connectivity index (χ3v) is 8.53. The predicted molar refractivity (Wildman–Crippen MR) is 157 cm³/mol. The molecule has 0 spiro atoms. The van der Waals surface area contributed by atoms with Gasteiger partial charge in [0.2, 0.25) is 0 Å². The van der Waals surface area contributed by atoms with Crippen molar-refractivity contribution in [2.45, 2.75) is 0 Å². The molecule has 0 saturated heterocycles. The summed E-state index contributed by atoms with van der Waals surface area (Å²) in [5, 5.41) is 7.90. The number of benzene rings is 6. The van der Waals surface area contributed by atoms with Crippen molar-refractivity contribution in [3.05, 3.63) is 127 Å². The van der Waals surface area contributed by atoms with Crippen LogP contribution in [0.3, 0.4) is 0 Å². The maximum Gasteiger partial charge on any atom is 0.0634 e. The van der Waals surface area contributed by atoms with Crippen LogP contribution in [0.5, 0.6) is 0 Å². The van der Waals surface area contributed by atoms with Gasteiger partial charge in [0.25, 0.3) is 0 Å². The molecular weight excluding hydrogens is 454 g/mol. The molecule has 0 aliphatic heterocycles. The maximum atomic E-state index is 2.48. The van der Waals surface area contributed by atoms with Crippen LogP contribution in [0.1, 0.15) is 0 Å². The summed E-state index contributed by atoms with van der Waals surface area (Å²) in [6, 6.07) is 46.4. The Labute approximate surface area is 212 Å². The van der Waals surface area contributed by atoms with Crippen LogP contribution < -0.4 is 0 Å². The average molecular weight is 476 g/mol. The fourth-order valence-corrected chi connectivity index (χ4v) is 6.89. The predicted octanol–water partition coefficient (Wildman–Crippen LogP) is 9.97. The molecule has 0 atom stereocenters. The number of hydrogen-bond donors (Lipinski definition) is 0. The van der Waals surface area contributed by atoms with Crippen molar-refractivity contribution in [2.24, 2.45) is 0 Å². The van der Waals surface area contributed by atoms with Crippen molar-refractivity contribution >= 4 is 64.1 Å². The molecule has 8 aromatic rings. The van der Waals surface area contributed by atoms with Crippen LogP contribution in [0.4, 0.5) is 0 Å². The van der Waals surface area contributed by atoms with E-state index in [-0.39, 0.29) is 0 Å². The number of thiophene rings is 1. The first-order chi connectivity index (χ1) is 17.9. The van der Waals surface area contributed by atoms with Crippen LogP contribution >= 0.6 is 11.3 Å². The van der Waals surface area contributed by atoms with Crippen molar-refractivity contribution in [3.8, 4) is 16.8 Å². The first-order valence-electron chi connectivity index (χ1n) is 12.3.